The minimum absolute atomic E-state index is 0.460. The Hall–Kier alpha value is 0.230. The fourth-order valence-corrected chi connectivity index (χ4v) is 3.62. The van der Waals surface area contributed by atoms with Gasteiger partial charge >= 0.3 is 0 Å². The lowest BCUT2D eigenvalue weighted by molar-refractivity contribution is 0.159. The van der Waals surface area contributed by atoms with Gasteiger partial charge in [-0.3, -0.25) is 4.90 Å². The molecule has 3 nitrogen and oxygen atoms in total. The van der Waals surface area contributed by atoms with Gasteiger partial charge in [-0.2, -0.15) is 11.8 Å². The van der Waals surface area contributed by atoms with E-state index < -0.39 is 0 Å². The average Bonchev–Trinajstić information content (AvgIpc) is 2.30. The van der Waals surface area contributed by atoms with Gasteiger partial charge in [0.1, 0.15) is 0 Å². The first-order chi connectivity index (χ1) is 7.75. The normalized spacial score (nSPS) is 30.8. The van der Waals surface area contributed by atoms with Gasteiger partial charge < -0.3 is 10.6 Å². The zero-order valence-electron chi connectivity index (χ0n) is 10.4. The number of hydrogen-bond acceptors (Lipinski definition) is 4. The Morgan fingerprint density at radius 2 is 1.94 bits per heavy atom. The number of nitrogens with two attached hydrogens (primary N) is 1. The number of thioether (sulfide) groups is 1. The first-order valence-corrected chi connectivity index (χ1v) is 7.71. The summed E-state index contributed by atoms with van der Waals surface area (Å²) in [6, 6.07) is 1.23. The van der Waals surface area contributed by atoms with E-state index in [1.54, 1.807) is 0 Å². The smallest absolute Gasteiger partial charge is 0.0158 e. The van der Waals surface area contributed by atoms with Gasteiger partial charge in [0.25, 0.3) is 0 Å². The van der Waals surface area contributed by atoms with Crippen LogP contribution in [0.15, 0.2) is 0 Å². The first-order valence-electron chi connectivity index (χ1n) is 6.55. The Morgan fingerprint density at radius 1 is 1.19 bits per heavy atom. The molecule has 2 saturated heterocycles. The van der Waals surface area contributed by atoms with Gasteiger partial charge in [0.15, 0.2) is 0 Å². The SMILES string of the molecule is CC1CSCCN1CCN1CCC(N)CC1. The average molecular weight is 243 g/mol. The molecule has 2 aliphatic heterocycles. The van der Waals surface area contributed by atoms with Crippen LogP contribution in [-0.2, 0) is 0 Å². The number of likely N-dealkylation sites (tertiary alicyclic amines) is 1. The van der Waals surface area contributed by atoms with Crippen LogP contribution in [0.1, 0.15) is 19.8 Å². The lowest BCUT2D eigenvalue weighted by Crippen LogP contribution is -2.47. The van der Waals surface area contributed by atoms with E-state index in [9.17, 15) is 0 Å². The number of rotatable bonds is 3. The highest BCUT2D eigenvalue weighted by atomic mass is 32.2. The summed E-state index contributed by atoms with van der Waals surface area (Å²) in [6.07, 6.45) is 2.37. The Morgan fingerprint density at radius 3 is 2.62 bits per heavy atom. The first kappa shape index (κ1) is 12.7. The van der Waals surface area contributed by atoms with E-state index in [1.165, 1.54) is 57.1 Å². The van der Waals surface area contributed by atoms with E-state index in [0.717, 1.165) is 6.04 Å². The third-order valence-corrected chi connectivity index (χ3v) is 5.03. The molecule has 0 aromatic rings. The van der Waals surface area contributed by atoms with Gasteiger partial charge in [-0.15, -0.1) is 0 Å². The Bertz CT molecular complexity index is 204. The molecular formula is C12H25N3S. The maximum atomic E-state index is 5.92. The molecule has 4 heteroatoms. The fraction of sp³-hybridized carbons (Fsp3) is 1.00. The van der Waals surface area contributed by atoms with Gasteiger partial charge in [-0.25, -0.2) is 0 Å². The van der Waals surface area contributed by atoms with Gasteiger partial charge in [-0.05, 0) is 32.9 Å². The standard InChI is InChI=1S/C12H25N3S/c1-11-10-16-9-8-15(11)7-6-14-4-2-12(13)3-5-14/h11-12H,2-10,13H2,1H3. The molecule has 2 rings (SSSR count). The second-order valence-corrected chi connectivity index (χ2v) is 6.29. The molecule has 94 valence electrons. The van der Waals surface area contributed by atoms with Gasteiger partial charge in [-0.1, -0.05) is 0 Å². The lowest BCUT2D eigenvalue weighted by atomic mass is 10.1. The monoisotopic (exact) mass is 243 g/mol. The maximum Gasteiger partial charge on any atom is 0.0158 e. The van der Waals surface area contributed by atoms with Crippen LogP contribution in [0.2, 0.25) is 0 Å². The van der Waals surface area contributed by atoms with Crippen LogP contribution in [0, 0.1) is 0 Å². The van der Waals surface area contributed by atoms with Crippen molar-refractivity contribution in [2.45, 2.75) is 31.8 Å². The van der Waals surface area contributed by atoms with Crippen molar-refractivity contribution in [1.29, 1.82) is 0 Å². The summed E-state index contributed by atoms with van der Waals surface area (Å²) in [5.74, 6) is 2.63. The van der Waals surface area contributed by atoms with Crippen molar-refractivity contribution in [3.8, 4) is 0 Å². The number of piperidine rings is 1. The van der Waals surface area contributed by atoms with Crippen LogP contribution in [0.4, 0.5) is 0 Å². The summed E-state index contributed by atoms with van der Waals surface area (Å²) in [7, 11) is 0. The molecule has 0 saturated carbocycles. The zero-order chi connectivity index (χ0) is 11.4. The fourth-order valence-electron chi connectivity index (χ4n) is 2.54. The van der Waals surface area contributed by atoms with Crippen LogP contribution < -0.4 is 5.73 Å². The van der Waals surface area contributed by atoms with E-state index in [0.29, 0.717) is 6.04 Å². The molecule has 2 N–H and O–H groups in total. The zero-order valence-corrected chi connectivity index (χ0v) is 11.2. The van der Waals surface area contributed by atoms with E-state index in [1.807, 2.05) is 0 Å². The molecule has 0 spiro atoms. The molecule has 0 aromatic heterocycles. The van der Waals surface area contributed by atoms with E-state index in [4.69, 9.17) is 5.73 Å². The Balaban J connectivity index is 1.66. The van der Waals surface area contributed by atoms with E-state index >= 15 is 0 Å². The van der Waals surface area contributed by atoms with Crippen LogP contribution in [0.3, 0.4) is 0 Å². The molecule has 2 fully saturated rings. The second kappa shape index (κ2) is 6.24. The molecule has 0 bridgehead atoms. The molecule has 2 heterocycles. The second-order valence-electron chi connectivity index (χ2n) is 5.14. The van der Waals surface area contributed by atoms with Crippen LogP contribution in [0.5, 0.6) is 0 Å². The van der Waals surface area contributed by atoms with E-state index in [-0.39, 0.29) is 0 Å². The van der Waals surface area contributed by atoms with Crippen molar-refractivity contribution >= 4 is 11.8 Å². The largest absolute Gasteiger partial charge is 0.328 e. The van der Waals surface area contributed by atoms with Crippen molar-refractivity contribution in [3.63, 3.8) is 0 Å². The summed E-state index contributed by atoms with van der Waals surface area (Å²) in [4.78, 5) is 5.23. The molecule has 0 amide bonds. The highest BCUT2D eigenvalue weighted by molar-refractivity contribution is 7.99. The molecule has 0 aromatic carbocycles. The molecule has 1 atom stereocenters. The minimum Gasteiger partial charge on any atom is -0.328 e. The molecule has 2 aliphatic rings. The topological polar surface area (TPSA) is 32.5 Å². The summed E-state index contributed by atoms with van der Waals surface area (Å²) in [5, 5.41) is 0. The highest BCUT2D eigenvalue weighted by Gasteiger charge is 2.20. The van der Waals surface area contributed by atoms with Crippen molar-refractivity contribution in [2.24, 2.45) is 5.73 Å². The molecule has 0 aliphatic carbocycles. The summed E-state index contributed by atoms with van der Waals surface area (Å²) in [5.41, 5.74) is 5.92. The van der Waals surface area contributed by atoms with E-state index in [2.05, 4.69) is 28.5 Å². The Kier molecular flexibility index (Phi) is 4.95. The van der Waals surface area contributed by atoms with Crippen molar-refractivity contribution in [1.82, 2.24) is 9.80 Å². The summed E-state index contributed by atoms with van der Waals surface area (Å²) >= 11 is 2.10. The van der Waals surface area contributed by atoms with Crippen molar-refractivity contribution in [3.05, 3.63) is 0 Å². The molecule has 16 heavy (non-hydrogen) atoms. The van der Waals surface area contributed by atoms with Crippen LogP contribution in [0.25, 0.3) is 0 Å². The van der Waals surface area contributed by atoms with Gasteiger partial charge in [0.2, 0.25) is 0 Å². The predicted octanol–water partition coefficient (Wildman–Crippen LogP) is 0.847. The van der Waals surface area contributed by atoms with Crippen LogP contribution in [-0.4, -0.2) is 66.1 Å². The van der Waals surface area contributed by atoms with Gasteiger partial charge in [0.05, 0.1) is 0 Å². The van der Waals surface area contributed by atoms with Crippen LogP contribution >= 0.6 is 11.8 Å². The minimum atomic E-state index is 0.460. The number of nitrogens with zero attached hydrogens (tertiary/aromatic N) is 2. The molecule has 0 radical (unpaired) electrons. The summed E-state index contributed by atoms with van der Waals surface area (Å²) in [6.45, 7) is 8.53. The molecule has 1 unspecified atom stereocenters. The number of hydrogen-bond donors (Lipinski definition) is 1. The highest BCUT2D eigenvalue weighted by Crippen LogP contribution is 2.16. The third-order valence-electron chi connectivity index (χ3n) is 3.84. The predicted molar refractivity (Wildman–Crippen MR) is 72.0 cm³/mol. The lowest BCUT2D eigenvalue weighted by Gasteiger charge is -2.36. The Labute approximate surface area is 104 Å². The quantitative estimate of drug-likeness (QED) is 0.796. The third kappa shape index (κ3) is 3.62. The van der Waals surface area contributed by atoms with Gasteiger partial charge in [0, 0.05) is 43.2 Å². The van der Waals surface area contributed by atoms with Crippen molar-refractivity contribution in [2.75, 3.05) is 44.2 Å². The molecular weight excluding hydrogens is 218 g/mol. The maximum absolute atomic E-state index is 5.92. The van der Waals surface area contributed by atoms with Crippen molar-refractivity contribution < 1.29 is 0 Å². The summed E-state index contributed by atoms with van der Waals surface area (Å²) < 4.78 is 0.